The van der Waals surface area contributed by atoms with Crippen LogP contribution in [0, 0.1) is 11.8 Å². The summed E-state index contributed by atoms with van der Waals surface area (Å²) in [5.74, 6) is -0.819. The molecule has 4 heteroatoms. The number of carbonyl (C=O) groups is 2. The number of hydrogen-bond donors (Lipinski definition) is 1. The van der Waals surface area contributed by atoms with Crippen LogP contribution in [0.4, 0.5) is 5.69 Å². The Kier molecular flexibility index (Phi) is 3.45. The zero-order valence-corrected chi connectivity index (χ0v) is 15.8. The van der Waals surface area contributed by atoms with Gasteiger partial charge in [-0.1, -0.05) is 66.7 Å². The highest BCUT2D eigenvalue weighted by Crippen LogP contribution is 2.60. The molecule has 3 aromatic rings. The van der Waals surface area contributed by atoms with Crippen molar-refractivity contribution in [1.82, 2.24) is 4.90 Å². The highest BCUT2D eigenvalue weighted by Gasteiger charge is 2.61. The van der Waals surface area contributed by atoms with Crippen LogP contribution in [-0.4, -0.2) is 23.4 Å². The Hall–Kier alpha value is -3.40. The number of nitrogens with zero attached hydrogens (tertiary/aromatic N) is 1. The van der Waals surface area contributed by atoms with Crippen molar-refractivity contribution in [3.63, 3.8) is 0 Å². The Morgan fingerprint density at radius 3 is 1.48 bits per heavy atom. The molecular formula is C25H20N2O2. The van der Waals surface area contributed by atoms with Crippen molar-refractivity contribution in [2.45, 2.75) is 11.8 Å². The van der Waals surface area contributed by atoms with Gasteiger partial charge in [0.25, 0.3) is 0 Å². The van der Waals surface area contributed by atoms with E-state index in [1.165, 1.54) is 27.2 Å². The summed E-state index contributed by atoms with van der Waals surface area (Å²) in [6.07, 6.45) is 0. The molecule has 142 valence electrons. The summed E-state index contributed by atoms with van der Waals surface area (Å²) in [5, 5.41) is 3.23. The van der Waals surface area contributed by atoms with E-state index in [1.54, 1.807) is 0 Å². The van der Waals surface area contributed by atoms with Crippen LogP contribution in [-0.2, 0) is 9.59 Å². The maximum absolute atomic E-state index is 13.4. The van der Waals surface area contributed by atoms with E-state index >= 15 is 0 Å². The third-order valence-electron chi connectivity index (χ3n) is 6.75. The van der Waals surface area contributed by atoms with E-state index in [4.69, 9.17) is 0 Å². The fourth-order valence-electron chi connectivity index (χ4n) is 5.62. The monoisotopic (exact) mass is 380 g/mol. The molecule has 0 radical (unpaired) electrons. The first-order chi connectivity index (χ1) is 14.3. The number of likely N-dealkylation sites (tertiary alicyclic amines) is 1. The van der Waals surface area contributed by atoms with E-state index in [0.717, 1.165) is 5.69 Å². The maximum Gasteiger partial charge on any atom is 0.235 e. The highest BCUT2D eigenvalue weighted by molar-refractivity contribution is 6.07. The van der Waals surface area contributed by atoms with Crippen molar-refractivity contribution in [1.29, 1.82) is 0 Å². The largest absolute Gasteiger partial charge is 0.367 e. The van der Waals surface area contributed by atoms with Gasteiger partial charge in [-0.15, -0.1) is 0 Å². The van der Waals surface area contributed by atoms with Gasteiger partial charge in [-0.2, -0.15) is 0 Å². The first-order valence-electron chi connectivity index (χ1n) is 10.1. The summed E-state index contributed by atoms with van der Waals surface area (Å²) >= 11 is 0. The predicted octanol–water partition coefficient (Wildman–Crippen LogP) is 3.95. The van der Waals surface area contributed by atoms with Crippen LogP contribution < -0.4 is 5.32 Å². The van der Waals surface area contributed by atoms with Crippen LogP contribution in [0.15, 0.2) is 78.9 Å². The Balaban J connectivity index is 1.42. The molecule has 7 rings (SSSR count). The molecule has 2 atom stereocenters. The lowest BCUT2D eigenvalue weighted by atomic mass is 9.55. The molecule has 4 nitrogen and oxygen atoms in total. The number of para-hydroxylation sites is 1. The summed E-state index contributed by atoms with van der Waals surface area (Å²) < 4.78 is 0. The number of hydrogen-bond acceptors (Lipinski definition) is 3. The molecule has 0 saturated carbocycles. The standard InChI is InChI=1S/C25H20N2O2/c28-24-22-20-16-10-4-5-11-17(16)21(19-13-7-6-12-18(19)20)23(22)25(29)27(24)14-26-15-8-2-1-3-9-15/h1-13,20-23,26H,14H2/t20?,21?,22-,23-/m1/s1. The number of amides is 2. The Morgan fingerprint density at radius 2 is 1.03 bits per heavy atom. The summed E-state index contributed by atoms with van der Waals surface area (Å²) in [5.41, 5.74) is 5.72. The first kappa shape index (κ1) is 16.5. The zero-order chi connectivity index (χ0) is 19.5. The molecular weight excluding hydrogens is 360 g/mol. The molecule has 1 heterocycles. The summed E-state index contributed by atoms with van der Waals surface area (Å²) in [7, 11) is 0. The van der Waals surface area contributed by atoms with Crippen molar-refractivity contribution in [2.24, 2.45) is 11.8 Å². The fraction of sp³-hybridized carbons (Fsp3) is 0.200. The van der Waals surface area contributed by atoms with E-state index in [9.17, 15) is 9.59 Å². The van der Waals surface area contributed by atoms with Gasteiger partial charge in [-0.05, 0) is 34.4 Å². The van der Waals surface area contributed by atoms with Gasteiger partial charge >= 0.3 is 0 Å². The van der Waals surface area contributed by atoms with Crippen LogP contribution in [0.25, 0.3) is 0 Å². The average molecular weight is 380 g/mol. The zero-order valence-electron chi connectivity index (χ0n) is 15.8. The smallest absolute Gasteiger partial charge is 0.235 e. The van der Waals surface area contributed by atoms with Crippen LogP contribution in [0.2, 0.25) is 0 Å². The summed E-state index contributed by atoms with van der Waals surface area (Å²) in [6.45, 7) is 0.209. The van der Waals surface area contributed by atoms with E-state index in [1.807, 2.05) is 54.6 Å². The molecule has 0 spiro atoms. The van der Waals surface area contributed by atoms with Crippen molar-refractivity contribution >= 4 is 17.5 Å². The lowest BCUT2D eigenvalue weighted by Crippen LogP contribution is -2.41. The van der Waals surface area contributed by atoms with Crippen LogP contribution >= 0.6 is 0 Å². The Morgan fingerprint density at radius 1 is 0.621 bits per heavy atom. The van der Waals surface area contributed by atoms with Gasteiger partial charge in [0, 0.05) is 17.5 Å². The van der Waals surface area contributed by atoms with Crippen LogP contribution in [0.5, 0.6) is 0 Å². The lowest BCUT2D eigenvalue weighted by molar-refractivity contribution is -0.139. The van der Waals surface area contributed by atoms with Gasteiger partial charge < -0.3 is 5.32 Å². The summed E-state index contributed by atoms with van der Waals surface area (Å²) in [4.78, 5) is 28.3. The second-order valence-corrected chi connectivity index (χ2v) is 8.07. The number of imide groups is 1. The molecule has 1 aliphatic heterocycles. The van der Waals surface area contributed by atoms with E-state index < -0.39 is 0 Å². The minimum absolute atomic E-state index is 0.0458. The predicted molar refractivity (Wildman–Crippen MR) is 110 cm³/mol. The average Bonchev–Trinajstić information content (AvgIpc) is 3.03. The molecule has 1 saturated heterocycles. The van der Waals surface area contributed by atoms with E-state index in [-0.39, 0.29) is 42.2 Å². The summed E-state index contributed by atoms with van der Waals surface area (Å²) in [6, 6.07) is 26.3. The molecule has 1 N–H and O–H groups in total. The molecule has 2 amide bonds. The number of anilines is 1. The molecule has 1 fully saturated rings. The third kappa shape index (κ3) is 2.20. The first-order valence-corrected chi connectivity index (χ1v) is 10.1. The van der Waals surface area contributed by atoms with Crippen LogP contribution in [0.3, 0.4) is 0 Å². The molecule has 3 aromatic carbocycles. The van der Waals surface area contributed by atoms with Gasteiger partial charge in [0.05, 0.1) is 18.5 Å². The van der Waals surface area contributed by atoms with Crippen molar-refractivity contribution < 1.29 is 9.59 Å². The minimum Gasteiger partial charge on any atom is -0.367 e. The van der Waals surface area contributed by atoms with Gasteiger partial charge in [0.2, 0.25) is 11.8 Å². The van der Waals surface area contributed by atoms with Gasteiger partial charge in [0.1, 0.15) is 0 Å². The third-order valence-corrected chi connectivity index (χ3v) is 6.75. The van der Waals surface area contributed by atoms with E-state index in [2.05, 4.69) is 29.6 Å². The Labute approximate surface area is 169 Å². The molecule has 4 aliphatic rings. The number of carbonyl (C=O) groups excluding carboxylic acids is 2. The lowest BCUT2D eigenvalue weighted by Gasteiger charge is -2.45. The van der Waals surface area contributed by atoms with Crippen molar-refractivity contribution in [3.05, 3.63) is 101 Å². The van der Waals surface area contributed by atoms with Gasteiger partial charge in [0.15, 0.2) is 0 Å². The van der Waals surface area contributed by atoms with E-state index in [0.29, 0.717) is 0 Å². The number of rotatable bonds is 3. The van der Waals surface area contributed by atoms with Crippen LogP contribution in [0.1, 0.15) is 34.1 Å². The second-order valence-electron chi connectivity index (χ2n) is 8.07. The van der Waals surface area contributed by atoms with Crippen molar-refractivity contribution in [2.75, 3.05) is 12.0 Å². The fourth-order valence-corrected chi connectivity index (χ4v) is 5.62. The number of benzene rings is 3. The highest BCUT2D eigenvalue weighted by atomic mass is 16.2. The normalized spacial score (nSPS) is 26.1. The number of nitrogens with one attached hydrogen (secondary N) is 1. The molecule has 2 bridgehead atoms. The molecule has 0 aromatic heterocycles. The Bertz CT molecular complexity index is 1020. The van der Waals surface area contributed by atoms with Gasteiger partial charge in [-0.25, -0.2) is 0 Å². The molecule has 3 aliphatic carbocycles. The second kappa shape index (κ2) is 6.05. The van der Waals surface area contributed by atoms with Gasteiger partial charge in [-0.3, -0.25) is 14.5 Å². The maximum atomic E-state index is 13.4. The SMILES string of the molecule is O=C1[C@@H]2C3c4ccccc4C(c4ccccc43)[C@H]2C(=O)N1CNc1ccccc1. The minimum atomic E-state index is -0.310. The quantitative estimate of drug-likeness (QED) is 0.700. The topological polar surface area (TPSA) is 49.4 Å². The van der Waals surface area contributed by atoms with Crippen molar-refractivity contribution in [3.8, 4) is 0 Å². The molecule has 0 unspecified atom stereocenters. The molecule has 29 heavy (non-hydrogen) atoms.